The van der Waals surface area contributed by atoms with E-state index in [0.717, 1.165) is 24.3 Å². The van der Waals surface area contributed by atoms with Gasteiger partial charge in [-0.2, -0.15) is 26.3 Å². The molecule has 0 fully saturated rings. The van der Waals surface area contributed by atoms with Crippen molar-refractivity contribution in [1.82, 2.24) is 9.55 Å². The van der Waals surface area contributed by atoms with Gasteiger partial charge in [0.1, 0.15) is 28.8 Å². The van der Waals surface area contributed by atoms with Crippen LogP contribution in [0.25, 0.3) is 5.69 Å². The molecule has 2 aromatic carbocycles. The summed E-state index contributed by atoms with van der Waals surface area (Å²) >= 11 is 11.6. The van der Waals surface area contributed by atoms with E-state index in [-0.39, 0.29) is 44.4 Å². The number of ether oxygens (including phenoxy) is 2. The van der Waals surface area contributed by atoms with E-state index in [1.807, 2.05) is 5.32 Å². The van der Waals surface area contributed by atoms with Gasteiger partial charge in [-0.3, -0.25) is 14.4 Å². The van der Waals surface area contributed by atoms with E-state index >= 15 is 0 Å². The van der Waals surface area contributed by atoms with Gasteiger partial charge in [-0.15, -0.1) is 0 Å². The van der Waals surface area contributed by atoms with E-state index in [1.54, 1.807) is 27.7 Å². The molecule has 3 rings (SSSR count). The number of aromatic nitrogens is 2. The average Bonchev–Trinajstić information content (AvgIpc) is 2.87. The third kappa shape index (κ3) is 10.5. The Bertz CT molecular complexity index is 1690. The number of nitrogens with zero attached hydrogens (tertiary/aromatic N) is 1. The Hall–Kier alpha value is -4.12. The predicted molar refractivity (Wildman–Crippen MR) is 150 cm³/mol. The number of amides is 1. The van der Waals surface area contributed by atoms with Crippen LogP contribution < -0.4 is 26.0 Å². The standard InChI is InChI=1S/C14H11ClF4N2O3.C13H12ClF4NO3/c1-6(2)24-10-4-9(8(16)3-7(10)15)21-12(22)5-11(14(17,18)19)20-13(21)23;1-6(2)22-10-4-9(8(15)3-7(10)14)19-12(21)5-11(20)13(16,17)18/h3-6H,1-2H3,(H,20,23);3-4,6H,5H2,1-2H3,(H,19,21). The van der Waals surface area contributed by atoms with E-state index < -0.39 is 70.4 Å². The van der Waals surface area contributed by atoms with Crippen LogP contribution in [0.2, 0.25) is 10.0 Å². The Labute approximate surface area is 264 Å². The van der Waals surface area contributed by atoms with Crippen LogP contribution in [0.3, 0.4) is 0 Å². The van der Waals surface area contributed by atoms with Gasteiger partial charge < -0.3 is 19.8 Å². The van der Waals surface area contributed by atoms with Gasteiger partial charge in [-0.05, 0) is 39.8 Å². The molecular weight excluding hydrogens is 685 g/mol. The maximum Gasteiger partial charge on any atom is 0.450 e. The second-order valence-electron chi connectivity index (χ2n) is 9.64. The van der Waals surface area contributed by atoms with Crippen molar-refractivity contribution in [3.63, 3.8) is 0 Å². The minimum atomic E-state index is -5.12. The molecule has 19 heteroatoms. The lowest BCUT2D eigenvalue weighted by Crippen LogP contribution is -2.36. The molecule has 9 nitrogen and oxygen atoms in total. The SMILES string of the molecule is CC(C)Oc1cc(-n2c(=O)cc(C(F)(F)F)[nH]c2=O)c(F)cc1Cl.CC(C)Oc1cc(NC(=O)CC(=O)C(F)(F)F)c(F)cc1Cl. The summed E-state index contributed by atoms with van der Waals surface area (Å²) in [6.07, 6.45) is -12.1. The zero-order valence-corrected chi connectivity index (χ0v) is 25.4. The number of nitrogens with one attached hydrogen (secondary N) is 2. The fourth-order valence-electron chi connectivity index (χ4n) is 3.32. The number of ketones is 1. The number of halogens is 10. The Kier molecular flexibility index (Phi) is 12.4. The van der Waals surface area contributed by atoms with Crippen LogP contribution in [0.4, 0.5) is 40.8 Å². The fraction of sp³-hybridized carbons (Fsp3) is 0.333. The van der Waals surface area contributed by atoms with Gasteiger partial charge in [0.25, 0.3) is 5.56 Å². The minimum Gasteiger partial charge on any atom is -0.489 e. The predicted octanol–water partition coefficient (Wildman–Crippen LogP) is 6.85. The van der Waals surface area contributed by atoms with Crippen LogP contribution >= 0.6 is 23.2 Å². The Morgan fingerprint density at radius 1 is 0.848 bits per heavy atom. The Balaban J connectivity index is 0.000000322. The van der Waals surface area contributed by atoms with E-state index in [0.29, 0.717) is 0 Å². The summed E-state index contributed by atoms with van der Waals surface area (Å²) in [6.45, 7) is 6.69. The van der Waals surface area contributed by atoms with E-state index in [2.05, 4.69) is 0 Å². The lowest BCUT2D eigenvalue weighted by Gasteiger charge is -2.14. The summed E-state index contributed by atoms with van der Waals surface area (Å²) in [5.74, 6) is -5.51. The zero-order chi connectivity index (χ0) is 35.3. The Morgan fingerprint density at radius 2 is 1.35 bits per heavy atom. The molecule has 0 aliphatic rings. The molecule has 0 aliphatic heterocycles. The number of aromatic amines is 1. The molecule has 1 aromatic heterocycles. The molecule has 0 saturated carbocycles. The lowest BCUT2D eigenvalue weighted by atomic mass is 10.2. The Morgan fingerprint density at radius 3 is 1.80 bits per heavy atom. The van der Waals surface area contributed by atoms with Crippen molar-refractivity contribution < 1.29 is 54.2 Å². The highest BCUT2D eigenvalue weighted by Gasteiger charge is 2.39. The smallest absolute Gasteiger partial charge is 0.450 e. The van der Waals surface area contributed by atoms with Crippen molar-refractivity contribution in [3.05, 3.63) is 78.5 Å². The van der Waals surface area contributed by atoms with E-state index in [4.69, 9.17) is 32.7 Å². The third-order valence-corrected chi connectivity index (χ3v) is 5.73. The van der Waals surface area contributed by atoms with Crippen molar-refractivity contribution >= 4 is 40.6 Å². The van der Waals surface area contributed by atoms with Crippen LogP contribution in [-0.4, -0.2) is 39.6 Å². The maximum absolute atomic E-state index is 14.1. The van der Waals surface area contributed by atoms with Gasteiger partial charge in [0.2, 0.25) is 11.7 Å². The topological polar surface area (TPSA) is 119 Å². The number of carbonyl (C=O) groups is 2. The largest absolute Gasteiger partial charge is 0.489 e. The molecule has 3 aromatic rings. The van der Waals surface area contributed by atoms with Crippen molar-refractivity contribution in [2.24, 2.45) is 0 Å². The normalized spacial score (nSPS) is 11.7. The molecule has 0 radical (unpaired) electrons. The van der Waals surface area contributed by atoms with Gasteiger partial charge in [0.15, 0.2) is 0 Å². The summed E-state index contributed by atoms with van der Waals surface area (Å²) in [6, 6.07) is 3.83. The molecule has 1 heterocycles. The van der Waals surface area contributed by atoms with Gasteiger partial charge in [-0.1, -0.05) is 23.2 Å². The number of anilines is 1. The second kappa shape index (κ2) is 15.0. The molecule has 0 saturated heterocycles. The first-order valence-corrected chi connectivity index (χ1v) is 13.4. The molecule has 0 unspecified atom stereocenters. The maximum atomic E-state index is 14.1. The van der Waals surface area contributed by atoms with Gasteiger partial charge in [0.05, 0.1) is 40.0 Å². The van der Waals surface area contributed by atoms with Crippen LogP contribution in [0.5, 0.6) is 11.5 Å². The van der Waals surface area contributed by atoms with Crippen molar-refractivity contribution in [2.45, 2.75) is 58.7 Å². The first-order chi connectivity index (χ1) is 21.0. The number of hydrogen-bond donors (Lipinski definition) is 2. The highest BCUT2D eigenvalue weighted by Crippen LogP contribution is 2.32. The molecule has 252 valence electrons. The molecular formula is C27H23Cl2F8N3O6. The molecule has 0 aliphatic carbocycles. The van der Waals surface area contributed by atoms with Crippen LogP contribution in [0.15, 0.2) is 39.9 Å². The molecule has 2 N–H and O–H groups in total. The first-order valence-electron chi connectivity index (χ1n) is 12.7. The molecule has 0 bridgehead atoms. The van der Waals surface area contributed by atoms with Crippen molar-refractivity contribution in [3.8, 4) is 17.2 Å². The monoisotopic (exact) mass is 707 g/mol. The minimum absolute atomic E-state index is 0.0192. The average molecular weight is 708 g/mol. The van der Waals surface area contributed by atoms with Crippen molar-refractivity contribution in [1.29, 1.82) is 0 Å². The van der Waals surface area contributed by atoms with Crippen LogP contribution in [0, 0.1) is 11.6 Å². The van der Waals surface area contributed by atoms with Crippen LogP contribution in [0.1, 0.15) is 39.8 Å². The number of carbonyl (C=O) groups excluding carboxylic acids is 2. The van der Waals surface area contributed by atoms with Gasteiger partial charge in [0, 0.05) is 18.2 Å². The fourth-order valence-corrected chi connectivity index (χ4v) is 3.71. The summed E-state index contributed by atoms with van der Waals surface area (Å²) in [4.78, 5) is 47.3. The highest BCUT2D eigenvalue weighted by atomic mass is 35.5. The number of alkyl halides is 6. The third-order valence-electron chi connectivity index (χ3n) is 5.14. The number of rotatable bonds is 8. The van der Waals surface area contributed by atoms with Gasteiger partial charge >= 0.3 is 18.0 Å². The van der Waals surface area contributed by atoms with E-state index in [9.17, 15) is 54.3 Å². The second-order valence-corrected chi connectivity index (χ2v) is 10.4. The molecule has 1 amide bonds. The number of hydrogen-bond acceptors (Lipinski definition) is 6. The van der Waals surface area contributed by atoms with E-state index in [1.165, 1.54) is 4.98 Å². The summed E-state index contributed by atoms with van der Waals surface area (Å²) in [5, 5.41) is 1.71. The highest BCUT2D eigenvalue weighted by molar-refractivity contribution is 6.32. The quantitative estimate of drug-likeness (QED) is 0.195. The van der Waals surface area contributed by atoms with Gasteiger partial charge in [-0.25, -0.2) is 18.1 Å². The number of H-pyrrole nitrogens is 1. The summed E-state index contributed by atoms with van der Waals surface area (Å²) in [7, 11) is 0. The lowest BCUT2D eigenvalue weighted by molar-refractivity contribution is -0.171. The summed E-state index contributed by atoms with van der Waals surface area (Å²) in [5.41, 5.74) is -5.31. The van der Waals surface area contributed by atoms with Crippen LogP contribution in [-0.2, 0) is 15.8 Å². The number of Topliss-reactive ketones (excluding diaryl/α,β-unsaturated/α-hetero) is 1. The zero-order valence-electron chi connectivity index (χ0n) is 23.9. The summed E-state index contributed by atoms with van der Waals surface area (Å²) < 4.78 is 112. The number of benzene rings is 2. The molecule has 0 atom stereocenters. The molecule has 46 heavy (non-hydrogen) atoms. The molecule has 0 spiro atoms. The van der Waals surface area contributed by atoms with Crippen molar-refractivity contribution in [2.75, 3.05) is 5.32 Å². The first kappa shape index (κ1) is 38.1.